The molecule has 340 valence electrons. The van der Waals surface area contributed by atoms with Crippen LogP contribution in [-0.4, -0.2) is 78.9 Å². The van der Waals surface area contributed by atoms with E-state index in [2.05, 4.69) is 95.1 Å². The van der Waals surface area contributed by atoms with Crippen molar-refractivity contribution in [1.82, 2.24) is 25.6 Å². The summed E-state index contributed by atoms with van der Waals surface area (Å²) in [6.45, 7) is 23.2. The van der Waals surface area contributed by atoms with Gasteiger partial charge < -0.3 is 36.2 Å². The van der Waals surface area contributed by atoms with Gasteiger partial charge in [0.1, 0.15) is 6.29 Å². The smallest absolute Gasteiger partial charge is 0.407 e. The number of aromatic amines is 1. The number of ether oxygens (including phenoxy) is 1. The highest BCUT2D eigenvalue weighted by molar-refractivity contribution is 5.83. The molecule has 0 spiro atoms. The number of nitrogens with zero attached hydrogens (tertiary/aromatic N) is 3. The van der Waals surface area contributed by atoms with Crippen LogP contribution in [0.2, 0.25) is 0 Å². The number of aromatic nitrogens is 2. The molecule has 0 saturated carbocycles. The fourth-order valence-corrected chi connectivity index (χ4v) is 6.24. The molecule has 0 bridgehead atoms. The van der Waals surface area contributed by atoms with E-state index in [0.29, 0.717) is 12.8 Å². The number of likely N-dealkylation sites (tertiary alicyclic amines) is 1. The van der Waals surface area contributed by atoms with Crippen molar-refractivity contribution in [3.05, 3.63) is 115 Å². The third-order valence-electron chi connectivity index (χ3n) is 9.50. The van der Waals surface area contributed by atoms with Crippen LogP contribution in [0.15, 0.2) is 98.5 Å². The normalized spacial score (nSPS) is 12.3. The number of amides is 3. The maximum Gasteiger partial charge on any atom is 0.407 e. The Labute approximate surface area is 371 Å². The average Bonchev–Trinajstić information content (AvgIpc) is 4.08. The van der Waals surface area contributed by atoms with E-state index in [9.17, 15) is 14.4 Å². The zero-order valence-electron chi connectivity index (χ0n) is 38.9. The van der Waals surface area contributed by atoms with Gasteiger partial charge in [0.25, 0.3) is 0 Å². The first-order valence-corrected chi connectivity index (χ1v) is 21.4. The maximum atomic E-state index is 12.4. The molecule has 1 aromatic heterocycles. The van der Waals surface area contributed by atoms with Gasteiger partial charge in [-0.3, -0.25) is 15.0 Å². The van der Waals surface area contributed by atoms with Gasteiger partial charge in [-0.1, -0.05) is 107 Å². The van der Waals surface area contributed by atoms with Gasteiger partial charge in [0, 0.05) is 19.1 Å². The van der Waals surface area contributed by atoms with Crippen molar-refractivity contribution < 1.29 is 23.9 Å². The van der Waals surface area contributed by atoms with E-state index in [4.69, 9.17) is 15.3 Å². The summed E-state index contributed by atoms with van der Waals surface area (Å²) in [5.41, 5.74) is 22.6. The monoisotopic (exact) mass is 855 g/mol. The van der Waals surface area contributed by atoms with Crippen LogP contribution in [0.3, 0.4) is 0 Å². The topological polar surface area (TPSA) is 189 Å². The molecule has 62 heavy (non-hydrogen) atoms. The predicted molar refractivity (Wildman–Crippen MR) is 257 cm³/mol. The lowest BCUT2D eigenvalue weighted by Crippen LogP contribution is -2.45. The summed E-state index contributed by atoms with van der Waals surface area (Å²) in [5.74, 6) is 0.376. The van der Waals surface area contributed by atoms with Crippen molar-refractivity contribution in [3.8, 4) is 22.4 Å². The number of hydrogen-bond acceptors (Lipinski definition) is 9. The van der Waals surface area contributed by atoms with E-state index in [1.807, 2.05) is 76.9 Å². The van der Waals surface area contributed by atoms with Gasteiger partial charge in [-0.05, 0) is 99.2 Å². The van der Waals surface area contributed by atoms with Gasteiger partial charge in [-0.2, -0.15) is 0 Å². The summed E-state index contributed by atoms with van der Waals surface area (Å²) >= 11 is 0. The minimum absolute atomic E-state index is 0.0791. The fourth-order valence-electron chi connectivity index (χ4n) is 6.24. The Balaban J connectivity index is 0.00000148. The van der Waals surface area contributed by atoms with Crippen molar-refractivity contribution in [3.63, 3.8) is 0 Å². The molecule has 13 heteroatoms. The van der Waals surface area contributed by atoms with Crippen molar-refractivity contribution in [1.29, 1.82) is 0 Å². The molecular formula is C49H74N8O5. The summed E-state index contributed by atoms with van der Waals surface area (Å²) < 4.78 is 4.71. The molecule has 1 aliphatic rings. The van der Waals surface area contributed by atoms with Crippen LogP contribution in [0.1, 0.15) is 91.3 Å². The molecule has 2 unspecified atom stereocenters. The van der Waals surface area contributed by atoms with E-state index in [0.717, 1.165) is 95.5 Å². The number of aldehydes is 1. The zero-order valence-corrected chi connectivity index (χ0v) is 38.9. The standard InChI is InChI=1S/C33H37N5O3.C9H18N2O.C2H4O.C2H6.C2H4.CH5N/c1-5-24-8-7-9-29(11-10-23(3)36-33(40)41-4)32(24)38(22-39)37-30(6-2)27-16-12-25(13-17-27)26-14-18-28(19-15-26)31-20-34-21-35-31;1-7(2)8(10)9(12)11-5-3-4-6-11;1-2-3;3*1-2/h6-9,12-23,37H,5,10-11H2,1-4H3,(H,34,35)(H,36,40);7-8H,3-6,10H2,1-2H3;2H,1H3;1-2H3;1-2H2;2H2,1H3/b30-6-;;;;;. The first kappa shape index (κ1) is 55.9. The van der Waals surface area contributed by atoms with Crippen LogP contribution in [0.5, 0.6) is 0 Å². The fraction of sp³-hybridized carbons (Fsp3) is 0.408. The van der Waals surface area contributed by atoms with Gasteiger partial charge in [0.2, 0.25) is 12.3 Å². The number of para-hydroxylation sites is 1. The second kappa shape index (κ2) is 32.7. The molecule has 0 aliphatic carbocycles. The van der Waals surface area contributed by atoms with Crippen LogP contribution in [0, 0.1) is 5.92 Å². The number of methoxy groups -OCH3 is 1. The van der Waals surface area contributed by atoms with Crippen LogP contribution in [0.25, 0.3) is 28.1 Å². The van der Waals surface area contributed by atoms with Crippen molar-refractivity contribution >= 4 is 36.1 Å². The number of hydrogen-bond donors (Lipinski definition) is 5. The number of hydrazine groups is 1. The predicted octanol–water partition coefficient (Wildman–Crippen LogP) is 8.71. The van der Waals surface area contributed by atoms with E-state index >= 15 is 0 Å². The number of imidazole rings is 1. The first-order valence-electron chi connectivity index (χ1n) is 21.4. The molecule has 7 N–H and O–H groups in total. The van der Waals surface area contributed by atoms with Crippen molar-refractivity contribution in [2.45, 2.75) is 99.6 Å². The maximum absolute atomic E-state index is 12.4. The highest BCUT2D eigenvalue weighted by atomic mass is 16.5. The summed E-state index contributed by atoms with van der Waals surface area (Å²) in [7, 11) is 2.85. The molecule has 5 rings (SSSR count). The molecule has 2 atom stereocenters. The van der Waals surface area contributed by atoms with Gasteiger partial charge in [0.05, 0.1) is 42.8 Å². The third kappa shape index (κ3) is 18.3. The molecule has 1 fully saturated rings. The van der Waals surface area contributed by atoms with E-state index < -0.39 is 6.09 Å². The van der Waals surface area contributed by atoms with Gasteiger partial charge in [-0.15, -0.1) is 13.2 Å². The number of nitrogens with two attached hydrogens (primary N) is 2. The molecular weight excluding hydrogens is 781 g/mol. The number of aryl methyl sites for hydroxylation is 2. The molecule has 1 aliphatic heterocycles. The van der Waals surface area contributed by atoms with Crippen LogP contribution in [-0.2, 0) is 32.0 Å². The minimum atomic E-state index is -0.453. The Hall–Kier alpha value is -6.05. The molecule has 13 nitrogen and oxygen atoms in total. The number of nitrogens with one attached hydrogen (secondary N) is 3. The summed E-state index contributed by atoms with van der Waals surface area (Å²) in [5, 5.41) is 4.37. The largest absolute Gasteiger partial charge is 0.453 e. The highest BCUT2D eigenvalue weighted by Gasteiger charge is 2.25. The van der Waals surface area contributed by atoms with Crippen LogP contribution < -0.4 is 27.2 Å². The van der Waals surface area contributed by atoms with Gasteiger partial charge in [0.15, 0.2) is 0 Å². The lowest BCUT2D eigenvalue weighted by atomic mass is 9.99. The van der Waals surface area contributed by atoms with Crippen molar-refractivity contribution in [2.24, 2.45) is 17.4 Å². The number of benzene rings is 3. The Bertz CT molecular complexity index is 1850. The van der Waals surface area contributed by atoms with E-state index in [1.54, 1.807) is 11.3 Å². The van der Waals surface area contributed by atoms with Crippen molar-refractivity contribution in [2.75, 3.05) is 32.3 Å². The second-order valence-electron chi connectivity index (χ2n) is 13.8. The van der Waals surface area contributed by atoms with Gasteiger partial charge >= 0.3 is 6.09 Å². The SMILES string of the molecule is C/C=C(\NN(C=O)c1c(CC)cccc1CCC(C)NC(=O)OC)c1ccc(-c2ccc(-c3cnc[nH]3)cc2)cc1.C=C.CC.CC(C)C(N)C(=O)N1CCCC1.CC=O.CN. The lowest BCUT2D eigenvalue weighted by Gasteiger charge is -2.27. The number of carbonyl (C=O) groups is 4. The van der Waals surface area contributed by atoms with Crippen LogP contribution in [0.4, 0.5) is 10.5 Å². The summed E-state index contributed by atoms with van der Waals surface area (Å²) in [4.78, 5) is 53.5. The number of H-pyrrole nitrogens is 1. The molecule has 3 aromatic carbocycles. The summed E-state index contributed by atoms with van der Waals surface area (Å²) in [6, 6.07) is 22.3. The number of carbonyl (C=O) groups excluding carboxylic acids is 4. The Kier molecular flexibility index (Phi) is 29.5. The second-order valence-corrected chi connectivity index (χ2v) is 13.8. The molecule has 2 heterocycles. The molecule has 1 saturated heterocycles. The Morgan fingerprint density at radius 3 is 1.92 bits per heavy atom. The Morgan fingerprint density at radius 1 is 0.919 bits per heavy atom. The quantitative estimate of drug-likeness (QED) is 0.0470. The Morgan fingerprint density at radius 2 is 1.45 bits per heavy atom. The minimum Gasteiger partial charge on any atom is -0.453 e. The first-order chi connectivity index (χ1) is 30.0. The number of anilines is 1. The van der Waals surface area contributed by atoms with E-state index in [-0.39, 0.29) is 23.9 Å². The summed E-state index contributed by atoms with van der Waals surface area (Å²) in [6.07, 6.45) is 11.0. The number of alkyl carbamates (subject to hydrolysis) is 1. The van der Waals surface area contributed by atoms with Gasteiger partial charge in [-0.25, -0.2) is 14.8 Å². The molecule has 4 aromatic rings. The molecule has 3 amide bonds. The zero-order chi connectivity index (χ0) is 47.0. The van der Waals surface area contributed by atoms with E-state index in [1.165, 1.54) is 21.1 Å². The average molecular weight is 855 g/mol. The van der Waals surface area contributed by atoms with Crippen LogP contribution >= 0.6 is 0 Å². The highest BCUT2D eigenvalue weighted by Crippen LogP contribution is 2.29. The number of rotatable bonds is 14. The molecule has 0 radical (unpaired) electrons. The third-order valence-corrected chi connectivity index (χ3v) is 9.50. The lowest BCUT2D eigenvalue weighted by molar-refractivity contribution is -0.132. The number of allylic oxidation sites excluding steroid dienone is 1.